The molecule has 0 bridgehead atoms. The second kappa shape index (κ2) is 6.91. The Labute approximate surface area is 118 Å². The molecule has 98 valence electrons. The molecule has 1 atom stereocenters. The fourth-order valence-corrected chi connectivity index (χ4v) is 3.45. The van der Waals surface area contributed by atoms with Gasteiger partial charge in [0.25, 0.3) is 0 Å². The van der Waals surface area contributed by atoms with Crippen molar-refractivity contribution in [2.24, 2.45) is 5.92 Å². The monoisotopic (exact) mass is 317 g/mol. The molecule has 1 aromatic rings. The molecule has 1 rings (SSSR count). The van der Waals surface area contributed by atoms with Gasteiger partial charge in [-0.15, -0.1) is 11.3 Å². The van der Waals surface area contributed by atoms with E-state index in [1.54, 1.807) is 0 Å². The second-order valence-electron chi connectivity index (χ2n) is 5.72. The van der Waals surface area contributed by atoms with Crippen LogP contribution in [-0.2, 0) is 6.42 Å². The molecule has 1 nitrogen and oxygen atoms in total. The lowest BCUT2D eigenvalue weighted by Gasteiger charge is -2.25. The van der Waals surface area contributed by atoms with Gasteiger partial charge >= 0.3 is 0 Å². The molecule has 3 heteroatoms. The molecule has 0 aliphatic heterocycles. The number of hydrogen-bond donors (Lipinski definition) is 1. The van der Waals surface area contributed by atoms with Crippen LogP contribution in [0.4, 0.5) is 0 Å². The molecule has 0 saturated carbocycles. The number of thiophene rings is 1. The fourth-order valence-electron chi connectivity index (χ4n) is 1.88. The molecule has 0 amide bonds. The highest BCUT2D eigenvalue weighted by Gasteiger charge is 2.14. The number of nitrogens with one attached hydrogen (secondary N) is 1. The largest absolute Gasteiger partial charge is 0.312 e. The van der Waals surface area contributed by atoms with Crippen LogP contribution < -0.4 is 5.32 Å². The Kier molecular flexibility index (Phi) is 6.18. The van der Waals surface area contributed by atoms with E-state index in [0.717, 1.165) is 12.5 Å². The van der Waals surface area contributed by atoms with E-state index in [1.807, 2.05) is 11.3 Å². The summed E-state index contributed by atoms with van der Waals surface area (Å²) in [5.74, 6) is 0.754. The summed E-state index contributed by atoms with van der Waals surface area (Å²) in [5.41, 5.74) is 0.224. The van der Waals surface area contributed by atoms with Gasteiger partial charge in [0.2, 0.25) is 0 Å². The van der Waals surface area contributed by atoms with Gasteiger partial charge in [0.05, 0.1) is 0 Å². The zero-order valence-electron chi connectivity index (χ0n) is 11.3. The third-order valence-electron chi connectivity index (χ3n) is 2.73. The van der Waals surface area contributed by atoms with E-state index in [0.29, 0.717) is 0 Å². The Morgan fingerprint density at radius 1 is 1.41 bits per heavy atom. The van der Waals surface area contributed by atoms with E-state index in [2.05, 4.69) is 60.4 Å². The van der Waals surface area contributed by atoms with Gasteiger partial charge in [0.15, 0.2) is 0 Å². The highest BCUT2D eigenvalue weighted by molar-refractivity contribution is 9.10. The minimum Gasteiger partial charge on any atom is -0.312 e. The van der Waals surface area contributed by atoms with Gasteiger partial charge in [-0.05, 0) is 68.1 Å². The summed E-state index contributed by atoms with van der Waals surface area (Å²) < 4.78 is 1.22. The van der Waals surface area contributed by atoms with Gasteiger partial charge in [-0.1, -0.05) is 13.3 Å². The van der Waals surface area contributed by atoms with Crippen molar-refractivity contribution >= 4 is 27.3 Å². The summed E-state index contributed by atoms with van der Waals surface area (Å²) in [6, 6.07) is 2.25. The third kappa shape index (κ3) is 6.58. The van der Waals surface area contributed by atoms with Gasteiger partial charge in [-0.3, -0.25) is 0 Å². The van der Waals surface area contributed by atoms with E-state index >= 15 is 0 Å². The SMILES string of the molecule is CCCC(CNC(C)(C)C)Cc1cc(Br)cs1. The molecule has 1 heterocycles. The number of rotatable bonds is 6. The standard InChI is InChI=1S/C14H24BrNS/c1-5-6-11(9-16-14(2,3)4)7-13-8-12(15)10-17-13/h8,10-11,16H,5-7,9H2,1-4H3. The van der Waals surface area contributed by atoms with E-state index in [9.17, 15) is 0 Å². The minimum atomic E-state index is 0.224. The van der Waals surface area contributed by atoms with Gasteiger partial charge in [-0.2, -0.15) is 0 Å². The summed E-state index contributed by atoms with van der Waals surface area (Å²) in [7, 11) is 0. The van der Waals surface area contributed by atoms with Crippen LogP contribution in [0.2, 0.25) is 0 Å². The predicted octanol–water partition coefficient (Wildman–Crippen LogP) is 4.86. The van der Waals surface area contributed by atoms with Crippen molar-refractivity contribution in [3.05, 3.63) is 20.8 Å². The van der Waals surface area contributed by atoms with Crippen LogP contribution in [-0.4, -0.2) is 12.1 Å². The predicted molar refractivity (Wildman–Crippen MR) is 81.9 cm³/mol. The molecular weight excluding hydrogens is 294 g/mol. The maximum atomic E-state index is 3.63. The summed E-state index contributed by atoms with van der Waals surface area (Å²) in [6.45, 7) is 10.1. The first kappa shape index (κ1) is 15.2. The fraction of sp³-hybridized carbons (Fsp3) is 0.714. The highest BCUT2D eigenvalue weighted by Crippen LogP contribution is 2.24. The van der Waals surface area contributed by atoms with E-state index < -0.39 is 0 Å². The topological polar surface area (TPSA) is 12.0 Å². The molecule has 0 aromatic carbocycles. The molecule has 17 heavy (non-hydrogen) atoms. The van der Waals surface area contributed by atoms with Crippen LogP contribution in [0.3, 0.4) is 0 Å². The molecular formula is C14H24BrNS. The van der Waals surface area contributed by atoms with Crippen molar-refractivity contribution in [3.8, 4) is 0 Å². The average molecular weight is 318 g/mol. The summed E-state index contributed by atoms with van der Waals surface area (Å²) >= 11 is 5.39. The zero-order chi connectivity index (χ0) is 12.9. The van der Waals surface area contributed by atoms with E-state index in [4.69, 9.17) is 0 Å². The van der Waals surface area contributed by atoms with Crippen molar-refractivity contribution < 1.29 is 0 Å². The lowest BCUT2D eigenvalue weighted by molar-refractivity contribution is 0.356. The number of halogens is 1. The van der Waals surface area contributed by atoms with Gasteiger partial charge in [0.1, 0.15) is 0 Å². The van der Waals surface area contributed by atoms with E-state index in [1.165, 1.54) is 28.6 Å². The first-order chi connectivity index (χ1) is 7.90. The summed E-state index contributed by atoms with van der Waals surface area (Å²) in [6.07, 6.45) is 3.77. The molecule has 0 saturated heterocycles. The molecule has 1 unspecified atom stereocenters. The molecule has 0 spiro atoms. The molecule has 1 N–H and O–H groups in total. The Morgan fingerprint density at radius 2 is 2.12 bits per heavy atom. The Balaban J connectivity index is 2.48. The smallest absolute Gasteiger partial charge is 0.0285 e. The van der Waals surface area contributed by atoms with Crippen molar-refractivity contribution in [2.45, 2.75) is 52.5 Å². The minimum absolute atomic E-state index is 0.224. The van der Waals surface area contributed by atoms with Crippen LogP contribution in [0.15, 0.2) is 15.9 Å². The Hall–Kier alpha value is 0.140. The van der Waals surface area contributed by atoms with Crippen molar-refractivity contribution in [1.82, 2.24) is 5.32 Å². The first-order valence-electron chi connectivity index (χ1n) is 6.38. The quantitative estimate of drug-likeness (QED) is 0.790. The van der Waals surface area contributed by atoms with Gasteiger partial charge < -0.3 is 5.32 Å². The second-order valence-corrected chi connectivity index (χ2v) is 7.63. The van der Waals surface area contributed by atoms with Crippen LogP contribution in [0.5, 0.6) is 0 Å². The maximum Gasteiger partial charge on any atom is 0.0285 e. The van der Waals surface area contributed by atoms with Crippen molar-refractivity contribution in [2.75, 3.05) is 6.54 Å². The van der Waals surface area contributed by atoms with Crippen molar-refractivity contribution in [3.63, 3.8) is 0 Å². The normalized spacial score (nSPS) is 13.9. The Morgan fingerprint density at radius 3 is 2.59 bits per heavy atom. The molecule has 0 aliphatic carbocycles. The number of hydrogen-bond acceptors (Lipinski definition) is 2. The van der Waals surface area contributed by atoms with Crippen LogP contribution in [0, 0.1) is 5.92 Å². The molecule has 0 radical (unpaired) electrons. The average Bonchev–Trinajstić information content (AvgIpc) is 2.60. The molecule has 0 aliphatic rings. The lowest BCUT2D eigenvalue weighted by atomic mass is 9.97. The molecule has 0 fully saturated rings. The third-order valence-corrected chi connectivity index (χ3v) is 4.45. The Bertz CT molecular complexity index is 327. The van der Waals surface area contributed by atoms with Crippen LogP contribution >= 0.6 is 27.3 Å². The lowest BCUT2D eigenvalue weighted by Crippen LogP contribution is -2.39. The summed E-state index contributed by atoms with van der Waals surface area (Å²) in [4.78, 5) is 1.49. The first-order valence-corrected chi connectivity index (χ1v) is 8.06. The van der Waals surface area contributed by atoms with E-state index in [-0.39, 0.29) is 5.54 Å². The van der Waals surface area contributed by atoms with Crippen LogP contribution in [0.25, 0.3) is 0 Å². The maximum absolute atomic E-state index is 3.63. The zero-order valence-corrected chi connectivity index (χ0v) is 13.7. The van der Waals surface area contributed by atoms with Crippen molar-refractivity contribution in [1.29, 1.82) is 0 Å². The highest BCUT2D eigenvalue weighted by atomic mass is 79.9. The summed E-state index contributed by atoms with van der Waals surface area (Å²) in [5, 5.41) is 5.80. The van der Waals surface area contributed by atoms with Gasteiger partial charge in [-0.25, -0.2) is 0 Å². The molecule has 1 aromatic heterocycles. The van der Waals surface area contributed by atoms with Gasteiger partial charge in [0, 0.05) is 20.3 Å². The van der Waals surface area contributed by atoms with Crippen LogP contribution in [0.1, 0.15) is 45.4 Å².